The molecule has 2 aliphatic heterocycles. The number of piperazine rings is 1. The molecular formula is C22H30N4O3S. The maximum absolute atomic E-state index is 13.0. The summed E-state index contributed by atoms with van der Waals surface area (Å²) in [6, 6.07) is 9.02. The van der Waals surface area contributed by atoms with E-state index in [1.54, 1.807) is 17.0 Å². The van der Waals surface area contributed by atoms with Crippen molar-refractivity contribution in [3.8, 4) is 0 Å². The zero-order chi connectivity index (χ0) is 21.5. The predicted molar refractivity (Wildman–Crippen MR) is 115 cm³/mol. The second kappa shape index (κ2) is 7.81. The minimum atomic E-state index is -3.56. The summed E-state index contributed by atoms with van der Waals surface area (Å²) in [5, 5.41) is 4.46. The molecule has 2 aromatic rings. The van der Waals surface area contributed by atoms with Gasteiger partial charge >= 0.3 is 0 Å². The normalized spacial score (nSPS) is 18.3. The number of carbonyl (C=O) groups excluding carboxylic acids is 1. The molecule has 1 fully saturated rings. The van der Waals surface area contributed by atoms with E-state index in [4.69, 9.17) is 0 Å². The van der Waals surface area contributed by atoms with Crippen LogP contribution in [-0.4, -0.2) is 59.5 Å². The van der Waals surface area contributed by atoms with Gasteiger partial charge in [-0.2, -0.15) is 9.40 Å². The monoisotopic (exact) mass is 430 g/mol. The van der Waals surface area contributed by atoms with Gasteiger partial charge in [0.25, 0.3) is 5.91 Å². The zero-order valence-corrected chi connectivity index (χ0v) is 18.8. The number of amides is 1. The zero-order valence-electron chi connectivity index (χ0n) is 18.0. The van der Waals surface area contributed by atoms with E-state index in [2.05, 4.69) is 25.9 Å². The summed E-state index contributed by atoms with van der Waals surface area (Å²) in [6.07, 6.45) is 3.18. The van der Waals surface area contributed by atoms with E-state index in [-0.39, 0.29) is 11.3 Å². The van der Waals surface area contributed by atoms with Crippen molar-refractivity contribution in [2.45, 2.75) is 56.9 Å². The van der Waals surface area contributed by atoms with Gasteiger partial charge in [0.2, 0.25) is 10.0 Å². The van der Waals surface area contributed by atoms with Crippen molar-refractivity contribution in [3.05, 3.63) is 47.3 Å². The Morgan fingerprint density at radius 2 is 1.63 bits per heavy atom. The van der Waals surface area contributed by atoms with Gasteiger partial charge in [-0.05, 0) is 48.4 Å². The summed E-state index contributed by atoms with van der Waals surface area (Å²) in [5.41, 5.74) is 2.66. The highest BCUT2D eigenvalue weighted by atomic mass is 32.2. The molecule has 0 bridgehead atoms. The number of sulfonamides is 1. The highest BCUT2D eigenvalue weighted by molar-refractivity contribution is 7.89. The number of fused-ring (bicyclic) bond motifs is 1. The number of hydrogen-bond donors (Lipinski definition) is 0. The number of benzene rings is 1. The minimum Gasteiger partial charge on any atom is -0.335 e. The lowest BCUT2D eigenvalue weighted by Gasteiger charge is -2.33. The van der Waals surface area contributed by atoms with Crippen LogP contribution in [0.3, 0.4) is 0 Å². The third-order valence-electron chi connectivity index (χ3n) is 6.02. The van der Waals surface area contributed by atoms with Crippen LogP contribution in [0.15, 0.2) is 35.2 Å². The standard InChI is InChI=1S/C22H30N4O3S/c1-22(2,3)17-7-9-19(10-8-17)30(28,29)25-14-12-24(13-15-25)21(27)20-16-18-6-4-5-11-26(18)23-20/h7-10,16H,4-6,11-15H2,1-3H3. The van der Waals surface area contributed by atoms with E-state index in [0.29, 0.717) is 36.8 Å². The fourth-order valence-electron chi connectivity index (χ4n) is 4.09. The molecular weight excluding hydrogens is 400 g/mol. The number of hydrogen-bond acceptors (Lipinski definition) is 4. The molecule has 3 heterocycles. The summed E-state index contributed by atoms with van der Waals surface area (Å²) >= 11 is 0. The molecule has 1 aromatic carbocycles. The van der Waals surface area contributed by atoms with Crippen molar-refractivity contribution in [1.29, 1.82) is 0 Å². The fraction of sp³-hybridized carbons (Fsp3) is 0.545. The fourth-order valence-corrected chi connectivity index (χ4v) is 5.51. The second-order valence-corrected chi connectivity index (χ2v) is 11.1. The van der Waals surface area contributed by atoms with E-state index in [1.165, 1.54) is 4.31 Å². The van der Waals surface area contributed by atoms with Gasteiger partial charge in [-0.25, -0.2) is 8.42 Å². The molecule has 0 spiro atoms. The Balaban J connectivity index is 1.42. The molecule has 0 radical (unpaired) electrons. The molecule has 7 nitrogen and oxygen atoms in total. The number of carbonyl (C=O) groups is 1. The highest BCUT2D eigenvalue weighted by Gasteiger charge is 2.31. The lowest BCUT2D eigenvalue weighted by Crippen LogP contribution is -2.50. The van der Waals surface area contributed by atoms with Crippen molar-refractivity contribution in [2.75, 3.05) is 26.2 Å². The van der Waals surface area contributed by atoms with E-state index < -0.39 is 10.0 Å². The highest BCUT2D eigenvalue weighted by Crippen LogP contribution is 2.25. The number of aryl methyl sites for hydroxylation is 2. The van der Waals surface area contributed by atoms with Gasteiger partial charge in [0.05, 0.1) is 4.90 Å². The van der Waals surface area contributed by atoms with Crippen molar-refractivity contribution >= 4 is 15.9 Å². The van der Waals surface area contributed by atoms with Crippen molar-refractivity contribution in [2.24, 2.45) is 0 Å². The van der Waals surface area contributed by atoms with Gasteiger partial charge in [-0.1, -0.05) is 32.9 Å². The van der Waals surface area contributed by atoms with Crippen LogP contribution in [0.25, 0.3) is 0 Å². The summed E-state index contributed by atoms with van der Waals surface area (Å²) in [6.45, 7) is 8.50. The van der Waals surface area contributed by atoms with Gasteiger partial charge in [0.1, 0.15) is 0 Å². The largest absolute Gasteiger partial charge is 0.335 e. The van der Waals surface area contributed by atoms with Crippen molar-refractivity contribution < 1.29 is 13.2 Å². The summed E-state index contributed by atoms with van der Waals surface area (Å²) < 4.78 is 29.5. The Morgan fingerprint density at radius 3 is 2.23 bits per heavy atom. The van der Waals surface area contributed by atoms with Crippen molar-refractivity contribution in [3.63, 3.8) is 0 Å². The Morgan fingerprint density at radius 1 is 0.967 bits per heavy atom. The Bertz CT molecular complexity index is 1000. The van der Waals surface area contributed by atoms with E-state index in [9.17, 15) is 13.2 Å². The smallest absolute Gasteiger partial charge is 0.274 e. The van der Waals surface area contributed by atoms with E-state index >= 15 is 0 Å². The third-order valence-corrected chi connectivity index (χ3v) is 7.93. The molecule has 4 rings (SSSR count). The first-order valence-corrected chi connectivity index (χ1v) is 12.1. The lowest BCUT2D eigenvalue weighted by molar-refractivity contribution is 0.0691. The van der Waals surface area contributed by atoms with Crippen LogP contribution in [0.2, 0.25) is 0 Å². The van der Waals surface area contributed by atoms with Crippen LogP contribution >= 0.6 is 0 Å². The molecule has 0 saturated carbocycles. The first-order chi connectivity index (χ1) is 14.2. The Hall–Kier alpha value is -2.19. The first kappa shape index (κ1) is 21.1. The van der Waals surface area contributed by atoms with Crippen LogP contribution in [0, 0.1) is 0 Å². The van der Waals surface area contributed by atoms with Crippen LogP contribution in [0.1, 0.15) is 55.4 Å². The van der Waals surface area contributed by atoms with Crippen LogP contribution in [0.5, 0.6) is 0 Å². The van der Waals surface area contributed by atoms with Crippen LogP contribution < -0.4 is 0 Å². The van der Waals surface area contributed by atoms with E-state index in [0.717, 1.165) is 37.1 Å². The van der Waals surface area contributed by atoms with Gasteiger partial charge in [0, 0.05) is 38.4 Å². The van der Waals surface area contributed by atoms with Gasteiger partial charge in [-0.15, -0.1) is 0 Å². The molecule has 1 amide bonds. The molecule has 1 aromatic heterocycles. The van der Waals surface area contributed by atoms with Crippen molar-refractivity contribution in [1.82, 2.24) is 19.0 Å². The molecule has 1 saturated heterocycles. The lowest BCUT2D eigenvalue weighted by atomic mass is 9.87. The van der Waals surface area contributed by atoms with E-state index in [1.807, 2.05) is 22.9 Å². The maximum Gasteiger partial charge on any atom is 0.274 e. The molecule has 162 valence electrons. The van der Waals surface area contributed by atoms with Gasteiger partial charge in [-0.3, -0.25) is 9.48 Å². The van der Waals surface area contributed by atoms with Crippen LogP contribution in [-0.2, 0) is 28.4 Å². The maximum atomic E-state index is 13.0. The second-order valence-electron chi connectivity index (χ2n) is 9.17. The molecule has 30 heavy (non-hydrogen) atoms. The topological polar surface area (TPSA) is 75.5 Å². The molecule has 0 atom stereocenters. The summed E-state index contributed by atoms with van der Waals surface area (Å²) in [4.78, 5) is 14.9. The number of rotatable bonds is 3. The Labute approximate surface area is 178 Å². The van der Waals surface area contributed by atoms with Gasteiger partial charge < -0.3 is 4.90 Å². The number of nitrogens with zero attached hydrogens (tertiary/aromatic N) is 4. The molecule has 2 aliphatic rings. The SMILES string of the molecule is CC(C)(C)c1ccc(S(=O)(=O)N2CCN(C(=O)c3cc4n(n3)CCCC4)CC2)cc1. The third kappa shape index (κ3) is 4.03. The predicted octanol–water partition coefficient (Wildman–Crippen LogP) is 2.66. The molecule has 8 heteroatoms. The molecule has 0 aliphatic carbocycles. The minimum absolute atomic E-state index is 0.0272. The average molecular weight is 431 g/mol. The first-order valence-electron chi connectivity index (χ1n) is 10.6. The summed E-state index contributed by atoms with van der Waals surface area (Å²) in [5.74, 6) is -0.108. The molecule has 0 unspecified atom stereocenters. The van der Waals surface area contributed by atoms with Crippen LogP contribution in [0.4, 0.5) is 0 Å². The Kier molecular flexibility index (Phi) is 5.48. The number of aromatic nitrogens is 2. The average Bonchev–Trinajstić information content (AvgIpc) is 3.17. The summed E-state index contributed by atoms with van der Waals surface area (Å²) in [7, 11) is -3.56. The molecule has 0 N–H and O–H groups in total. The van der Waals surface area contributed by atoms with Gasteiger partial charge in [0.15, 0.2) is 5.69 Å². The quantitative estimate of drug-likeness (QED) is 0.750.